The topological polar surface area (TPSA) is 67.9 Å². The molecule has 0 radical (unpaired) electrons. The highest BCUT2D eigenvalue weighted by atomic mass is 16.6. The van der Waals surface area contributed by atoms with Crippen LogP contribution in [-0.4, -0.2) is 35.5 Å². The number of hydrogen-bond donors (Lipinski definition) is 1. The summed E-state index contributed by atoms with van der Waals surface area (Å²) in [6, 6.07) is 10.3. The Kier molecular flexibility index (Phi) is 2.98. The van der Waals surface area contributed by atoms with Gasteiger partial charge in [0.15, 0.2) is 11.4 Å². The number of amidine groups is 1. The molecule has 0 aliphatic carbocycles. The molecule has 0 saturated carbocycles. The standard InChI is InChI=1S/C14H17N3O2/c15-12-14(19-13(18)16-12)7-4-8-17(10-14)9-11-5-2-1-3-6-11/h1-3,5-6H,4,7-10H2,(H2,15,16,18). The maximum Gasteiger partial charge on any atom is 0.436 e. The highest BCUT2D eigenvalue weighted by Crippen LogP contribution is 2.30. The molecule has 3 rings (SSSR count). The summed E-state index contributed by atoms with van der Waals surface area (Å²) >= 11 is 0. The Hall–Kier alpha value is -1.88. The predicted molar refractivity (Wildman–Crippen MR) is 71.8 cm³/mol. The summed E-state index contributed by atoms with van der Waals surface area (Å²) in [4.78, 5) is 17.3. The summed E-state index contributed by atoms with van der Waals surface area (Å²) in [5.74, 6) is 0.329. The molecular weight excluding hydrogens is 242 g/mol. The van der Waals surface area contributed by atoms with Crippen molar-refractivity contribution in [2.24, 2.45) is 10.7 Å². The van der Waals surface area contributed by atoms with Gasteiger partial charge in [0.25, 0.3) is 0 Å². The van der Waals surface area contributed by atoms with Crippen molar-refractivity contribution in [3.8, 4) is 0 Å². The van der Waals surface area contributed by atoms with E-state index in [2.05, 4.69) is 22.0 Å². The van der Waals surface area contributed by atoms with E-state index >= 15 is 0 Å². The van der Waals surface area contributed by atoms with Crippen molar-refractivity contribution < 1.29 is 9.53 Å². The molecule has 0 bridgehead atoms. The van der Waals surface area contributed by atoms with Crippen molar-refractivity contribution in [3.05, 3.63) is 35.9 Å². The van der Waals surface area contributed by atoms with Crippen LogP contribution in [0.5, 0.6) is 0 Å². The van der Waals surface area contributed by atoms with E-state index in [1.807, 2.05) is 18.2 Å². The van der Waals surface area contributed by atoms with Gasteiger partial charge in [-0.1, -0.05) is 30.3 Å². The lowest BCUT2D eigenvalue weighted by Crippen LogP contribution is -2.55. The van der Waals surface area contributed by atoms with Gasteiger partial charge >= 0.3 is 6.09 Å². The molecule has 5 heteroatoms. The Balaban J connectivity index is 1.72. The summed E-state index contributed by atoms with van der Waals surface area (Å²) < 4.78 is 5.36. The molecule has 5 nitrogen and oxygen atoms in total. The Bertz CT molecular complexity index is 515. The average Bonchev–Trinajstić information content (AvgIpc) is 2.65. The van der Waals surface area contributed by atoms with Crippen LogP contribution in [-0.2, 0) is 11.3 Å². The number of rotatable bonds is 2. The highest BCUT2D eigenvalue weighted by Gasteiger charge is 2.46. The van der Waals surface area contributed by atoms with Gasteiger partial charge in [-0.3, -0.25) is 4.90 Å². The van der Waals surface area contributed by atoms with Gasteiger partial charge in [-0.25, -0.2) is 4.79 Å². The van der Waals surface area contributed by atoms with Crippen LogP contribution >= 0.6 is 0 Å². The third-order valence-electron chi connectivity index (χ3n) is 3.74. The quantitative estimate of drug-likeness (QED) is 0.874. The van der Waals surface area contributed by atoms with Gasteiger partial charge in [-0.05, 0) is 24.9 Å². The van der Waals surface area contributed by atoms with Crippen LogP contribution in [0.4, 0.5) is 4.79 Å². The number of benzene rings is 1. The fourth-order valence-corrected chi connectivity index (χ4v) is 2.82. The Labute approximate surface area is 112 Å². The van der Waals surface area contributed by atoms with Gasteiger partial charge in [0.05, 0.1) is 0 Å². The number of piperidine rings is 1. The Morgan fingerprint density at radius 1 is 1.37 bits per heavy atom. The van der Waals surface area contributed by atoms with Crippen LogP contribution in [0.15, 0.2) is 35.3 Å². The number of aliphatic imine (C=N–C) groups is 1. The number of ether oxygens (including phenoxy) is 1. The second kappa shape index (κ2) is 4.66. The Morgan fingerprint density at radius 2 is 2.16 bits per heavy atom. The van der Waals surface area contributed by atoms with Crippen LogP contribution < -0.4 is 5.73 Å². The van der Waals surface area contributed by atoms with Gasteiger partial charge in [0, 0.05) is 13.1 Å². The molecule has 1 atom stereocenters. The minimum absolute atomic E-state index is 0.329. The lowest BCUT2D eigenvalue weighted by atomic mass is 9.91. The SMILES string of the molecule is NC1=NC(=O)OC12CCCN(Cc1ccccc1)C2. The summed E-state index contributed by atoms with van der Waals surface area (Å²) in [6.45, 7) is 2.46. The van der Waals surface area contributed by atoms with Gasteiger partial charge < -0.3 is 10.5 Å². The van der Waals surface area contributed by atoms with E-state index in [0.29, 0.717) is 12.4 Å². The minimum atomic E-state index is -0.690. The smallest absolute Gasteiger partial charge is 0.432 e. The van der Waals surface area contributed by atoms with Crippen LogP contribution in [0.2, 0.25) is 0 Å². The van der Waals surface area contributed by atoms with E-state index < -0.39 is 11.7 Å². The number of nitrogens with zero attached hydrogens (tertiary/aromatic N) is 2. The van der Waals surface area contributed by atoms with Gasteiger partial charge in [-0.2, -0.15) is 4.99 Å². The molecule has 1 aromatic carbocycles. The van der Waals surface area contributed by atoms with Crippen molar-refractivity contribution in [1.82, 2.24) is 4.90 Å². The predicted octanol–water partition coefficient (Wildman–Crippen LogP) is 1.53. The van der Waals surface area contributed by atoms with E-state index in [-0.39, 0.29) is 0 Å². The molecule has 1 saturated heterocycles. The molecule has 2 aliphatic heterocycles. The van der Waals surface area contributed by atoms with Crippen molar-refractivity contribution in [1.29, 1.82) is 0 Å². The molecule has 1 spiro atoms. The zero-order valence-corrected chi connectivity index (χ0v) is 10.7. The van der Waals surface area contributed by atoms with Crippen LogP contribution in [0.3, 0.4) is 0 Å². The fourth-order valence-electron chi connectivity index (χ4n) is 2.82. The summed E-state index contributed by atoms with van der Waals surface area (Å²) in [7, 11) is 0. The van der Waals surface area contributed by atoms with Gasteiger partial charge in [0.2, 0.25) is 0 Å². The van der Waals surface area contributed by atoms with Crippen LogP contribution in [0.1, 0.15) is 18.4 Å². The molecule has 2 N–H and O–H groups in total. The highest BCUT2D eigenvalue weighted by molar-refractivity contribution is 6.02. The lowest BCUT2D eigenvalue weighted by molar-refractivity contribution is 0.0150. The molecule has 1 aromatic rings. The van der Waals surface area contributed by atoms with Crippen molar-refractivity contribution in [3.63, 3.8) is 0 Å². The monoisotopic (exact) mass is 259 g/mol. The largest absolute Gasteiger partial charge is 0.436 e. The fraction of sp³-hybridized carbons (Fsp3) is 0.429. The molecule has 0 aromatic heterocycles. The third-order valence-corrected chi connectivity index (χ3v) is 3.74. The number of hydrogen-bond acceptors (Lipinski definition) is 4. The van der Waals surface area contributed by atoms with E-state index in [4.69, 9.17) is 10.5 Å². The molecule has 1 fully saturated rings. The summed E-state index contributed by atoms with van der Waals surface area (Å²) in [5.41, 5.74) is 6.43. The molecule has 100 valence electrons. The Morgan fingerprint density at radius 3 is 2.84 bits per heavy atom. The van der Waals surface area contributed by atoms with E-state index in [9.17, 15) is 4.79 Å². The van der Waals surface area contributed by atoms with Crippen LogP contribution in [0.25, 0.3) is 0 Å². The molecule has 2 heterocycles. The number of amides is 1. The van der Waals surface area contributed by atoms with Crippen molar-refractivity contribution in [2.75, 3.05) is 13.1 Å². The van der Waals surface area contributed by atoms with E-state index in [0.717, 1.165) is 25.9 Å². The molecule has 2 aliphatic rings. The lowest BCUT2D eigenvalue weighted by Gasteiger charge is -2.38. The number of nitrogens with two attached hydrogens (primary N) is 1. The first kappa shape index (κ1) is 12.2. The molecule has 1 amide bonds. The van der Waals surface area contributed by atoms with E-state index in [1.165, 1.54) is 5.56 Å². The van der Waals surface area contributed by atoms with Crippen molar-refractivity contribution in [2.45, 2.75) is 25.0 Å². The maximum atomic E-state index is 11.3. The first-order valence-electron chi connectivity index (χ1n) is 6.52. The van der Waals surface area contributed by atoms with Gasteiger partial charge in [-0.15, -0.1) is 0 Å². The van der Waals surface area contributed by atoms with Gasteiger partial charge in [0.1, 0.15) is 0 Å². The molecule has 1 unspecified atom stereocenters. The second-order valence-electron chi connectivity index (χ2n) is 5.16. The zero-order chi connectivity index (χ0) is 13.3. The van der Waals surface area contributed by atoms with E-state index in [1.54, 1.807) is 0 Å². The normalized spacial score (nSPS) is 27.4. The minimum Gasteiger partial charge on any atom is -0.432 e. The summed E-state index contributed by atoms with van der Waals surface area (Å²) in [6.07, 6.45) is 1.16. The van der Waals surface area contributed by atoms with Crippen molar-refractivity contribution >= 4 is 11.9 Å². The average molecular weight is 259 g/mol. The first-order valence-corrected chi connectivity index (χ1v) is 6.52. The summed E-state index contributed by atoms with van der Waals surface area (Å²) in [5, 5.41) is 0. The molecule has 19 heavy (non-hydrogen) atoms. The molecular formula is C14H17N3O2. The third kappa shape index (κ3) is 2.33. The second-order valence-corrected chi connectivity index (χ2v) is 5.16. The van der Waals surface area contributed by atoms with Crippen LogP contribution in [0, 0.1) is 0 Å². The number of carbonyl (C=O) groups excluding carboxylic acids is 1. The first-order chi connectivity index (χ1) is 9.18. The zero-order valence-electron chi connectivity index (χ0n) is 10.7. The number of likely N-dealkylation sites (tertiary alicyclic amines) is 1. The number of carbonyl (C=O) groups is 1. The maximum absolute atomic E-state index is 11.3.